The third-order valence-electron chi connectivity index (χ3n) is 3.79. The molecular formula is C12H22N2O2. The number of fused-ring (bicyclic) bond motifs is 1. The van der Waals surface area contributed by atoms with Crippen LogP contribution >= 0.6 is 0 Å². The molecule has 0 aliphatic carbocycles. The van der Waals surface area contributed by atoms with Gasteiger partial charge < -0.3 is 4.74 Å². The number of carbonyl (C=O) groups excluding carboxylic acids is 1. The highest BCUT2D eigenvalue weighted by atomic mass is 16.5. The molecule has 2 aliphatic heterocycles. The van der Waals surface area contributed by atoms with E-state index in [1.54, 1.807) is 0 Å². The van der Waals surface area contributed by atoms with Crippen molar-refractivity contribution in [2.45, 2.75) is 38.8 Å². The second-order valence-corrected chi connectivity index (χ2v) is 4.75. The zero-order chi connectivity index (χ0) is 11.5. The lowest BCUT2D eigenvalue weighted by molar-refractivity contribution is -0.149. The van der Waals surface area contributed by atoms with Crippen LogP contribution < -0.4 is 0 Å². The van der Waals surface area contributed by atoms with E-state index in [2.05, 4.69) is 9.80 Å². The van der Waals surface area contributed by atoms with Crippen LogP contribution in [0.2, 0.25) is 0 Å². The van der Waals surface area contributed by atoms with Crippen molar-refractivity contribution in [3.8, 4) is 0 Å². The van der Waals surface area contributed by atoms with Gasteiger partial charge in [-0.2, -0.15) is 0 Å². The van der Waals surface area contributed by atoms with E-state index in [4.69, 9.17) is 4.74 Å². The first-order valence-corrected chi connectivity index (χ1v) is 6.37. The number of piperazine rings is 1. The third-order valence-corrected chi connectivity index (χ3v) is 3.79. The molecule has 0 spiro atoms. The van der Waals surface area contributed by atoms with Gasteiger partial charge in [0, 0.05) is 25.7 Å². The Morgan fingerprint density at radius 2 is 2.25 bits per heavy atom. The standard InChI is InChI=1S/C12H22N2O2/c1-3-16-12(15)10(2)14-8-7-13-6-4-5-11(13)9-14/h10-11H,3-9H2,1-2H3. The summed E-state index contributed by atoms with van der Waals surface area (Å²) in [5.41, 5.74) is 0. The highest BCUT2D eigenvalue weighted by molar-refractivity contribution is 5.75. The minimum atomic E-state index is -0.0808. The molecule has 2 saturated heterocycles. The summed E-state index contributed by atoms with van der Waals surface area (Å²) in [6.45, 7) is 8.67. The van der Waals surface area contributed by atoms with Gasteiger partial charge in [-0.3, -0.25) is 14.6 Å². The van der Waals surface area contributed by atoms with Crippen molar-refractivity contribution >= 4 is 5.97 Å². The predicted molar refractivity (Wildman–Crippen MR) is 62.3 cm³/mol. The molecule has 16 heavy (non-hydrogen) atoms. The SMILES string of the molecule is CCOC(=O)C(C)N1CCN2CCCC2C1. The summed E-state index contributed by atoms with van der Waals surface area (Å²) in [4.78, 5) is 16.5. The summed E-state index contributed by atoms with van der Waals surface area (Å²) < 4.78 is 5.07. The van der Waals surface area contributed by atoms with Gasteiger partial charge in [0.05, 0.1) is 6.61 Å². The van der Waals surface area contributed by atoms with Crippen LogP contribution in [0.15, 0.2) is 0 Å². The largest absolute Gasteiger partial charge is 0.465 e. The lowest BCUT2D eigenvalue weighted by Crippen LogP contribution is -2.54. The average Bonchev–Trinajstić information content (AvgIpc) is 2.75. The van der Waals surface area contributed by atoms with Crippen molar-refractivity contribution in [3.05, 3.63) is 0 Å². The minimum absolute atomic E-state index is 0.0750. The van der Waals surface area contributed by atoms with Crippen molar-refractivity contribution in [1.29, 1.82) is 0 Å². The van der Waals surface area contributed by atoms with Gasteiger partial charge in [0.15, 0.2) is 0 Å². The molecule has 2 unspecified atom stereocenters. The quantitative estimate of drug-likeness (QED) is 0.664. The Hall–Kier alpha value is -0.610. The van der Waals surface area contributed by atoms with Crippen LogP contribution in [0.1, 0.15) is 26.7 Å². The molecule has 92 valence electrons. The van der Waals surface area contributed by atoms with Crippen molar-refractivity contribution in [2.24, 2.45) is 0 Å². The smallest absolute Gasteiger partial charge is 0.323 e. The molecule has 0 radical (unpaired) electrons. The van der Waals surface area contributed by atoms with Crippen LogP contribution in [-0.2, 0) is 9.53 Å². The summed E-state index contributed by atoms with van der Waals surface area (Å²) in [6, 6.07) is 0.591. The molecule has 4 heteroatoms. The maximum atomic E-state index is 11.7. The molecule has 0 aromatic carbocycles. The Bertz CT molecular complexity index is 257. The first kappa shape index (κ1) is 11.9. The van der Waals surface area contributed by atoms with Crippen LogP contribution in [0.25, 0.3) is 0 Å². The topological polar surface area (TPSA) is 32.8 Å². The summed E-state index contributed by atoms with van der Waals surface area (Å²) in [7, 11) is 0. The number of nitrogens with zero attached hydrogens (tertiary/aromatic N) is 2. The third kappa shape index (κ3) is 2.38. The number of carbonyl (C=O) groups is 1. The van der Waals surface area contributed by atoms with E-state index in [1.165, 1.54) is 19.4 Å². The minimum Gasteiger partial charge on any atom is -0.465 e. The van der Waals surface area contributed by atoms with E-state index >= 15 is 0 Å². The predicted octanol–water partition coefficient (Wildman–Crippen LogP) is 0.718. The van der Waals surface area contributed by atoms with Gasteiger partial charge in [-0.1, -0.05) is 0 Å². The number of ether oxygens (including phenoxy) is 1. The van der Waals surface area contributed by atoms with Crippen molar-refractivity contribution < 1.29 is 9.53 Å². The van der Waals surface area contributed by atoms with Gasteiger partial charge in [0.1, 0.15) is 6.04 Å². The Morgan fingerprint density at radius 1 is 1.44 bits per heavy atom. The fourth-order valence-electron chi connectivity index (χ4n) is 2.78. The highest BCUT2D eigenvalue weighted by Gasteiger charge is 2.34. The Balaban J connectivity index is 1.88. The zero-order valence-corrected chi connectivity index (χ0v) is 10.3. The molecule has 2 fully saturated rings. The molecule has 0 aromatic rings. The van der Waals surface area contributed by atoms with Gasteiger partial charge in [-0.25, -0.2) is 0 Å². The van der Waals surface area contributed by atoms with E-state index in [0.717, 1.165) is 19.6 Å². The van der Waals surface area contributed by atoms with Gasteiger partial charge in [-0.15, -0.1) is 0 Å². The monoisotopic (exact) mass is 226 g/mol. The van der Waals surface area contributed by atoms with Gasteiger partial charge >= 0.3 is 5.97 Å². The number of hydrogen-bond acceptors (Lipinski definition) is 4. The van der Waals surface area contributed by atoms with E-state index in [9.17, 15) is 4.79 Å². The average molecular weight is 226 g/mol. The second-order valence-electron chi connectivity index (χ2n) is 4.75. The number of esters is 1. The Morgan fingerprint density at radius 3 is 3.00 bits per heavy atom. The van der Waals surface area contributed by atoms with Crippen LogP contribution in [-0.4, -0.2) is 60.6 Å². The van der Waals surface area contributed by atoms with Crippen molar-refractivity contribution in [3.63, 3.8) is 0 Å². The van der Waals surface area contributed by atoms with Crippen LogP contribution in [0.3, 0.4) is 0 Å². The van der Waals surface area contributed by atoms with Gasteiger partial charge in [0.25, 0.3) is 0 Å². The molecule has 0 aromatic heterocycles. The summed E-state index contributed by atoms with van der Waals surface area (Å²) >= 11 is 0. The van der Waals surface area contributed by atoms with Crippen molar-refractivity contribution in [1.82, 2.24) is 9.80 Å². The van der Waals surface area contributed by atoms with E-state index < -0.39 is 0 Å². The van der Waals surface area contributed by atoms with Crippen LogP contribution in [0, 0.1) is 0 Å². The first-order valence-electron chi connectivity index (χ1n) is 6.37. The van der Waals surface area contributed by atoms with E-state index in [0.29, 0.717) is 12.6 Å². The van der Waals surface area contributed by atoms with Gasteiger partial charge in [-0.05, 0) is 33.2 Å². The maximum Gasteiger partial charge on any atom is 0.323 e. The first-order chi connectivity index (χ1) is 7.72. The molecule has 2 atom stereocenters. The second kappa shape index (κ2) is 5.15. The van der Waals surface area contributed by atoms with Crippen LogP contribution in [0.5, 0.6) is 0 Å². The molecule has 0 saturated carbocycles. The Kier molecular flexibility index (Phi) is 3.82. The lowest BCUT2D eigenvalue weighted by Gasteiger charge is -2.39. The van der Waals surface area contributed by atoms with Crippen molar-refractivity contribution in [2.75, 3.05) is 32.8 Å². The molecular weight excluding hydrogens is 204 g/mol. The normalized spacial score (nSPS) is 28.8. The molecule has 4 nitrogen and oxygen atoms in total. The summed E-state index contributed by atoms with van der Waals surface area (Å²) in [6.07, 6.45) is 2.60. The fraction of sp³-hybridized carbons (Fsp3) is 0.917. The fourth-order valence-corrected chi connectivity index (χ4v) is 2.78. The Labute approximate surface area is 97.5 Å². The van der Waals surface area contributed by atoms with Gasteiger partial charge in [0.2, 0.25) is 0 Å². The molecule has 2 heterocycles. The molecule has 0 N–H and O–H groups in total. The van der Waals surface area contributed by atoms with Crippen LogP contribution in [0.4, 0.5) is 0 Å². The number of hydrogen-bond donors (Lipinski definition) is 0. The lowest BCUT2D eigenvalue weighted by atomic mass is 10.1. The van der Waals surface area contributed by atoms with E-state index in [-0.39, 0.29) is 12.0 Å². The highest BCUT2D eigenvalue weighted by Crippen LogP contribution is 2.22. The zero-order valence-electron chi connectivity index (χ0n) is 10.3. The summed E-state index contributed by atoms with van der Waals surface area (Å²) in [5, 5.41) is 0. The summed E-state index contributed by atoms with van der Waals surface area (Å²) in [5.74, 6) is -0.0750. The molecule has 0 bridgehead atoms. The molecule has 2 aliphatic rings. The molecule has 2 rings (SSSR count). The van der Waals surface area contributed by atoms with E-state index in [1.807, 2.05) is 13.8 Å². The maximum absolute atomic E-state index is 11.7. The molecule has 0 amide bonds. The number of rotatable bonds is 3.